The number of ether oxygens (including phenoxy) is 1. The van der Waals surface area contributed by atoms with Crippen molar-refractivity contribution < 1.29 is 9.53 Å². The van der Waals surface area contributed by atoms with Gasteiger partial charge in [-0.2, -0.15) is 0 Å². The van der Waals surface area contributed by atoms with E-state index in [0.717, 1.165) is 22.6 Å². The molecule has 0 fully saturated rings. The van der Waals surface area contributed by atoms with Crippen LogP contribution in [0.5, 0.6) is 5.75 Å². The van der Waals surface area contributed by atoms with Gasteiger partial charge in [-0.3, -0.25) is 9.69 Å². The number of hydrogen-bond acceptors (Lipinski definition) is 3. The molecule has 0 saturated carbocycles. The minimum Gasteiger partial charge on any atom is -0.494 e. The summed E-state index contributed by atoms with van der Waals surface area (Å²) >= 11 is 6.11. The van der Waals surface area contributed by atoms with Gasteiger partial charge in [0, 0.05) is 17.3 Å². The number of carbonyl (C=O) groups is 1. The van der Waals surface area contributed by atoms with E-state index in [-0.39, 0.29) is 11.9 Å². The van der Waals surface area contributed by atoms with Gasteiger partial charge in [0.1, 0.15) is 5.75 Å². The predicted octanol–water partition coefficient (Wildman–Crippen LogP) is 4.51. The zero-order chi connectivity index (χ0) is 18.4. The summed E-state index contributed by atoms with van der Waals surface area (Å²) in [5, 5.41) is 3.60. The Morgan fingerprint density at radius 3 is 2.56 bits per heavy atom. The van der Waals surface area contributed by atoms with E-state index in [4.69, 9.17) is 16.3 Å². The van der Waals surface area contributed by atoms with Crippen LogP contribution in [0.1, 0.15) is 25.0 Å². The molecule has 0 aliphatic rings. The highest BCUT2D eigenvalue weighted by Crippen LogP contribution is 2.23. The molecule has 0 spiro atoms. The van der Waals surface area contributed by atoms with Crippen molar-refractivity contribution in [3.63, 3.8) is 0 Å². The highest BCUT2D eigenvalue weighted by molar-refractivity contribution is 6.31. The average molecular weight is 361 g/mol. The predicted molar refractivity (Wildman–Crippen MR) is 103 cm³/mol. The number of nitrogens with zero attached hydrogens (tertiary/aromatic N) is 1. The number of anilines is 1. The van der Waals surface area contributed by atoms with Crippen molar-refractivity contribution in [2.24, 2.45) is 0 Å². The minimum atomic E-state index is -0.273. The highest BCUT2D eigenvalue weighted by Gasteiger charge is 2.19. The highest BCUT2D eigenvalue weighted by atomic mass is 35.5. The van der Waals surface area contributed by atoms with Crippen LogP contribution in [-0.2, 0) is 11.3 Å². The Bertz CT molecular complexity index is 716. The fraction of sp³-hybridized carbons (Fsp3) is 0.350. The largest absolute Gasteiger partial charge is 0.494 e. The molecule has 1 amide bonds. The first-order valence-corrected chi connectivity index (χ1v) is 8.78. The van der Waals surface area contributed by atoms with Gasteiger partial charge >= 0.3 is 0 Å². The molecule has 0 unspecified atom stereocenters. The molecule has 0 aliphatic heterocycles. The number of amides is 1. The second kappa shape index (κ2) is 8.88. The van der Waals surface area contributed by atoms with Crippen molar-refractivity contribution in [2.45, 2.75) is 33.4 Å². The number of likely N-dealkylation sites (N-methyl/N-ethyl adjacent to an activating group) is 1. The van der Waals surface area contributed by atoms with Crippen molar-refractivity contribution in [3.8, 4) is 5.75 Å². The van der Waals surface area contributed by atoms with E-state index < -0.39 is 0 Å². The lowest BCUT2D eigenvalue weighted by molar-refractivity contribution is -0.120. The second-order valence-electron chi connectivity index (χ2n) is 6.07. The fourth-order valence-electron chi connectivity index (χ4n) is 2.46. The Hall–Kier alpha value is -2.04. The van der Waals surface area contributed by atoms with Crippen LogP contribution >= 0.6 is 11.6 Å². The Kier molecular flexibility index (Phi) is 6.85. The Balaban J connectivity index is 1.97. The summed E-state index contributed by atoms with van der Waals surface area (Å²) in [5.41, 5.74) is 2.75. The van der Waals surface area contributed by atoms with Crippen LogP contribution in [0.15, 0.2) is 42.5 Å². The molecular weight excluding hydrogens is 336 g/mol. The first kappa shape index (κ1) is 19.3. The van der Waals surface area contributed by atoms with E-state index in [0.29, 0.717) is 18.2 Å². The summed E-state index contributed by atoms with van der Waals surface area (Å²) in [7, 11) is 1.94. The summed E-state index contributed by atoms with van der Waals surface area (Å²) in [6.07, 6.45) is 0. The van der Waals surface area contributed by atoms with E-state index in [1.807, 2.05) is 75.2 Å². The van der Waals surface area contributed by atoms with Gasteiger partial charge in [-0.15, -0.1) is 0 Å². The molecule has 2 aromatic rings. The summed E-state index contributed by atoms with van der Waals surface area (Å²) in [6, 6.07) is 13.2. The van der Waals surface area contributed by atoms with Crippen molar-refractivity contribution in [1.82, 2.24) is 4.90 Å². The number of benzene rings is 2. The third-order valence-corrected chi connectivity index (χ3v) is 4.64. The van der Waals surface area contributed by atoms with Gasteiger partial charge in [0.15, 0.2) is 0 Å². The summed E-state index contributed by atoms with van der Waals surface area (Å²) in [4.78, 5) is 14.5. The molecule has 0 radical (unpaired) electrons. The fourth-order valence-corrected chi connectivity index (χ4v) is 2.64. The second-order valence-corrected chi connectivity index (χ2v) is 6.48. The molecule has 1 N–H and O–H groups in total. The van der Waals surface area contributed by atoms with Crippen LogP contribution in [0.25, 0.3) is 0 Å². The van der Waals surface area contributed by atoms with E-state index >= 15 is 0 Å². The number of hydrogen-bond donors (Lipinski definition) is 1. The molecule has 5 heteroatoms. The molecule has 134 valence electrons. The molecule has 0 heterocycles. The lowest BCUT2D eigenvalue weighted by Crippen LogP contribution is -2.39. The molecule has 2 rings (SSSR count). The first-order valence-electron chi connectivity index (χ1n) is 8.40. The third kappa shape index (κ3) is 5.21. The number of halogens is 1. The maximum atomic E-state index is 12.5. The quantitative estimate of drug-likeness (QED) is 0.790. The number of nitrogens with one attached hydrogen (secondary N) is 1. The van der Waals surface area contributed by atoms with Gasteiger partial charge in [0.05, 0.1) is 12.6 Å². The lowest BCUT2D eigenvalue weighted by Gasteiger charge is -2.24. The topological polar surface area (TPSA) is 41.6 Å². The van der Waals surface area contributed by atoms with Crippen molar-refractivity contribution in [2.75, 3.05) is 19.0 Å². The molecule has 0 aliphatic carbocycles. The van der Waals surface area contributed by atoms with Crippen LogP contribution in [0, 0.1) is 6.92 Å². The number of carbonyl (C=O) groups excluding carboxylic acids is 1. The van der Waals surface area contributed by atoms with E-state index in [9.17, 15) is 4.79 Å². The summed E-state index contributed by atoms with van der Waals surface area (Å²) in [6.45, 7) is 7.08. The van der Waals surface area contributed by atoms with Crippen LogP contribution in [-0.4, -0.2) is 30.5 Å². The van der Waals surface area contributed by atoms with Gasteiger partial charge in [-0.25, -0.2) is 0 Å². The Morgan fingerprint density at radius 1 is 1.24 bits per heavy atom. The van der Waals surface area contributed by atoms with Crippen molar-refractivity contribution in [1.29, 1.82) is 0 Å². The molecular formula is C20H25ClN2O2. The molecule has 25 heavy (non-hydrogen) atoms. The van der Waals surface area contributed by atoms with Gasteiger partial charge in [0.25, 0.3) is 0 Å². The Labute approximate surface area is 154 Å². The summed E-state index contributed by atoms with van der Waals surface area (Å²) in [5.74, 6) is 0.801. The van der Waals surface area contributed by atoms with Crippen LogP contribution in [0.3, 0.4) is 0 Å². The van der Waals surface area contributed by atoms with Crippen LogP contribution in [0.4, 0.5) is 5.69 Å². The standard InChI is InChI=1S/C20H25ClN2O2/c1-5-25-17-11-9-16(10-12-17)13-23(4)15(3)20(24)22-19-8-6-7-18(21)14(19)2/h6-12,15H,5,13H2,1-4H3,(H,22,24)/t15-/m0/s1. The Morgan fingerprint density at radius 2 is 1.92 bits per heavy atom. The van der Waals surface area contributed by atoms with E-state index in [2.05, 4.69) is 5.32 Å². The monoisotopic (exact) mass is 360 g/mol. The van der Waals surface area contributed by atoms with Gasteiger partial charge in [-0.1, -0.05) is 29.8 Å². The van der Waals surface area contributed by atoms with Crippen molar-refractivity contribution >= 4 is 23.2 Å². The average Bonchev–Trinajstić information content (AvgIpc) is 2.60. The minimum absolute atomic E-state index is 0.0567. The van der Waals surface area contributed by atoms with Crippen LogP contribution in [0.2, 0.25) is 5.02 Å². The van der Waals surface area contributed by atoms with E-state index in [1.165, 1.54) is 0 Å². The molecule has 2 aromatic carbocycles. The molecule has 0 aromatic heterocycles. The lowest BCUT2D eigenvalue weighted by atomic mass is 10.1. The molecule has 1 atom stereocenters. The van der Waals surface area contributed by atoms with Gasteiger partial charge in [0.2, 0.25) is 5.91 Å². The van der Waals surface area contributed by atoms with Crippen LogP contribution < -0.4 is 10.1 Å². The summed E-state index contributed by atoms with van der Waals surface area (Å²) < 4.78 is 5.45. The molecule has 0 saturated heterocycles. The zero-order valence-corrected chi connectivity index (χ0v) is 15.9. The SMILES string of the molecule is CCOc1ccc(CN(C)[C@@H](C)C(=O)Nc2cccc(Cl)c2C)cc1. The third-order valence-electron chi connectivity index (χ3n) is 4.23. The molecule has 4 nitrogen and oxygen atoms in total. The number of rotatable bonds is 7. The van der Waals surface area contributed by atoms with Gasteiger partial charge in [-0.05, 0) is 63.2 Å². The zero-order valence-electron chi connectivity index (χ0n) is 15.2. The maximum absolute atomic E-state index is 12.5. The maximum Gasteiger partial charge on any atom is 0.241 e. The first-order chi connectivity index (χ1) is 11.9. The van der Waals surface area contributed by atoms with E-state index in [1.54, 1.807) is 0 Å². The smallest absolute Gasteiger partial charge is 0.241 e. The van der Waals surface area contributed by atoms with Gasteiger partial charge < -0.3 is 10.1 Å². The normalized spacial score (nSPS) is 12.1. The molecule has 0 bridgehead atoms. The van der Waals surface area contributed by atoms with Crippen molar-refractivity contribution in [3.05, 3.63) is 58.6 Å².